The molecule has 0 saturated heterocycles. The summed E-state index contributed by atoms with van der Waals surface area (Å²) in [6, 6.07) is 3.25. The number of furan rings is 1. The lowest BCUT2D eigenvalue weighted by Crippen LogP contribution is -2.26. The summed E-state index contributed by atoms with van der Waals surface area (Å²) < 4.78 is 5.55. The van der Waals surface area contributed by atoms with E-state index in [0.29, 0.717) is 5.76 Å². The van der Waals surface area contributed by atoms with E-state index in [4.69, 9.17) is 4.42 Å². The van der Waals surface area contributed by atoms with Crippen LogP contribution in [0.5, 0.6) is 0 Å². The number of ketones is 2. The second-order valence-electron chi connectivity index (χ2n) is 6.33. The summed E-state index contributed by atoms with van der Waals surface area (Å²) in [5, 5.41) is 0. The van der Waals surface area contributed by atoms with Crippen molar-refractivity contribution in [3.63, 3.8) is 0 Å². The molecule has 0 atom stereocenters. The molecule has 0 bridgehead atoms. The molecule has 0 aliphatic rings. The molecule has 0 aliphatic heterocycles. The molecule has 0 unspecified atom stereocenters. The molecule has 3 heteroatoms. The summed E-state index contributed by atoms with van der Waals surface area (Å²) >= 11 is 0. The van der Waals surface area contributed by atoms with E-state index in [1.54, 1.807) is 12.1 Å². The Balaban J connectivity index is 3.05. The topological polar surface area (TPSA) is 47.3 Å². The summed E-state index contributed by atoms with van der Waals surface area (Å²) in [4.78, 5) is 24.8. The SMILES string of the molecule is CCC(C)(C)C(=O)c1ccc(C(=O)C(C)(CC)CC)o1. The van der Waals surface area contributed by atoms with Crippen molar-refractivity contribution in [3.8, 4) is 0 Å². The molecule has 112 valence electrons. The number of carbonyl (C=O) groups excluding carboxylic acids is 2. The van der Waals surface area contributed by atoms with Crippen LogP contribution < -0.4 is 0 Å². The van der Waals surface area contributed by atoms with Crippen molar-refractivity contribution in [2.75, 3.05) is 0 Å². The highest BCUT2D eigenvalue weighted by atomic mass is 16.4. The molecule has 3 nitrogen and oxygen atoms in total. The standard InChI is InChI=1S/C17H26O3/c1-7-16(4,5)14(18)12-10-11-13(20-12)15(19)17(6,8-2)9-3/h10-11H,7-9H2,1-6H3. The van der Waals surface area contributed by atoms with Gasteiger partial charge in [0.1, 0.15) is 0 Å². The van der Waals surface area contributed by atoms with Crippen LogP contribution in [0.15, 0.2) is 16.5 Å². The summed E-state index contributed by atoms with van der Waals surface area (Å²) in [6.07, 6.45) is 2.25. The van der Waals surface area contributed by atoms with Gasteiger partial charge in [0.25, 0.3) is 0 Å². The first-order valence-corrected chi connectivity index (χ1v) is 7.41. The van der Waals surface area contributed by atoms with Crippen LogP contribution in [0.1, 0.15) is 81.9 Å². The first-order valence-electron chi connectivity index (χ1n) is 7.41. The van der Waals surface area contributed by atoms with Crippen molar-refractivity contribution in [2.45, 2.75) is 60.8 Å². The van der Waals surface area contributed by atoms with Crippen LogP contribution in [0, 0.1) is 10.8 Å². The van der Waals surface area contributed by atoms with Crippen molar-refractivity contribution in [2.24, 2.45) is 10.8 Å². The Morgan fingerprint density at radius 1 is 0.900 bits per heavy atom. The van der Waals surface area contributed by atoms with Gasteiger partial charge in [-0.1, -0.05) is 41.5 Å². The van der Waals surface area contributed by atoms with Crippen molar-refractivity contribution < 1.29 is 14.0 Å². The van der Waals surface area contributed by atoms with Crippen LogP contribution in [0.2, 0.25) is 0 Å². The largest absolute Gasteiger partial charge is 0.450 e. The Morgan fingerprint density at radius 2 is 1.35 bits per heavy atom. The zero-order valence-electron chi connectivity index (χ0n) is 13.5. The lowest BCUT2D eigenvalue weighted by Gasteiger charge is -2.23. The third-order valence-corrected chi connectivity index (χ3v) is 4.66. The quantitative estimate of drug-likeness (QED) is 0.666. The minimum Gasteiger partial charge on any atom is -0.450 e. The highest BCUT2D eigenvalue weighted by molar-refractivity contribution is 6.01. The Morgan fingerprint density at radius 3 is 1.75 bits per heavy atom. The van der Waals surface area contributed by atoms with Crippen LogP contribution in [-0.4, -0.2) is 11.6 Å². The lowest BCUT2D eigenvalue weighted by atomic mass is 9.79. The van der Waals surface area contributed by atoms with Crippen LogP contribution in [0.4, 0.5) is 0 Å². The highest BCUT2D eigenvalue weighted by Gasteiger charge is 2.34. The van der Waals surface area contributed by atoms with Gasteiger partial charge in [-0.05, 0) is 31.4 Å². The second kappa shape index (κ2) is 5.94. The molecule has 0 amide bonds. The summed E-state index contributed by atoms with van der Waals surface area (Å²) in [5.74, 6) is 0.519. The summed E-state index contributed by atoms with van der Waals surface area (Å²) in [7, 11) is 0. The van der Waals surface area contributed by atoms with Gasteiger partial charge >= 0.3 is 0 Å². The van der Waals surface area contributed by atoms with E-state index in [0.717, 1.165) is 19.3 Å². The Labute approximate surface area is 121 Å². The predicted molar refractivity (Wildman–Crippen MR) is 80.1 cm³/mol. The fourth-order valence-electron chi connectivity index (χ4n) is 1.94. The van der Waals surface area contributed by atoms with Gasteiger partial charge in [-0.25, -0.2) is 0 Å². The molecule has 0 saturated carbocycles. The first kappa shape index (κ1) is 16.7. The van der Waals surface area contributed by atoms with E-state index in [9.17, 15) is 9.59 Å². The Kier molecular flexibility index (Phi) is 4.95. The lowest BCUT2D eigenvalue weighted by molar-refractivity contribution is 0.0753. The Bertz CT molecular complexity index is 490. The van der Waals surface area contributed by atoms with Gasteiger partial charge in [0.15, 0.2) is 11.5 Å². The summed E-state index contributed by atoms with van der Waals surface area (Å²) in [5.41, 5.74) is -0.880. The fraction of sp³-hybridized carbons (Fsp3) is 0.647. The molecule has 0 aromatic carbocycles. The van der Waals surface area contributed by atoms with Gasteiger partial charge in [0, 0.05) is 10.8 Å². The molecular formula is C17H26O3. The van der Waals surface area contributed by atoms with Gasteiger partial charge in [-0.3, -0.25) is 9.59 Å². The van der Waals surface area contributed by atoms with Crippen molar-refractivity contribution in [1.29, 1.82) is 0 Å². The molecule has 1 rings (SSSR count). The fourth-order valence-corrected chi connectivity index (χ4v) is 1.94. The predicted octanol–water partition coefficient (Wildman–Crippen LogP) is 4.91. The molecule has 0 N–H and O–H groups in total. The average Bonchev–Trinajstić information content (AvgIpc) is 2.94. The smallest absolute Gasteiger partial charge is 0.203 e. The number of rotatable bonds is 7. The van der Waals surface area contributed by atoms with Crippen LogP contribution in [0.25, 0.3) is 0 Å². The molecule has 1 aromatic heterocycles. The van der Waals surface area contributed by atoms with Gasteiger partial charge < -0.3 is 4.42 Å². The first-order chi connectivity index (χ1) is 9.21. The van der Waals surface area contributed by atoms with Gasteiger partial charge in [0.2, 0.25) is 11.6 Å². The average molecular weight is 278 g/mol. The maximum atomic E-state index is 12.5. The molecule has 20 heavy (non-hydrogen) atoms. The van der Waals surface area contributed by atoms with E-state index in [1.807, 2.05) is 41.5 Å². The highest BCUT2D eigenvalue weighted by Crippen LogP contribution is 2.32. The van der Waals surface area contributed by atoms with Gasteiger partial charge in [-0.15, -0.1) is 0 Å². The van der Waals surface area contributed by atoms with E-state index in [2.05, 4.69) is 0 Å². The molecule has 0 spiro atoms. The maximum Gasteiger partial charge on any atom is 0.203 e. The van der Waals surface area contributed by atoms with E-state index in [-0.39, 0.29) is 17.3 Å². The maximum absolute atomic E-state index is 12.5. The van der Waals surface area contributed by atoms with Crippen molar-refractivity contribution >= 4 is 11.6 Å². The number of carbonyl (C=O) groups is 2. The molecule has 1 heterocycles. The zero-order chi connectivity index (χ0) is 15.6. The molecule has 0 fully saturated rings. The third-order valence-electron chi connectivity index (χ3n) is 4.66. The van der Waals surface area contributed by atoms with E-state index in [1.165, 1.54) is 0 Å². The van der Waals surface area contributed by atoms with Crippen molar-refractivity contribution in [1.82, 2.24) is 0 Å². The molecule has 0 radical (unpaired) electrons. The van der Waals surface area contributed by atoms with E-state index >= 15 is 0 Å². The number of hydrogen-bond donors (Lipinski definition) is 0. The van der Waals surface area contributed by atoms with Gasteiger partial charge in [0.05, 0.1) is 0 Å². The summed E-state index contributed by atoms with van der Waals surface area (Å²) in [6.45, 7) is 11.7. The van der Waals surface area contributed by atoms with Crippen LogP contribution in [0.3, 0.4) is 0 Å². The third kappa shape index (κ3) is 3.02. The minimum absolute atomic E-state index is 0.0177. The number of Topliss-reactive ketones (excluding diaryl/α,β-unsaturated/α-hetero) is 2. The van der Waals surface area contributed by atoms with E-state index < -0.39 is 10.8 Å². The van der Waals surface area contributed by atoms with Crippen LogP contribution in [-0.2, 0) is 0 Å². The zero-order valence-corrected chi connectivity index (χ0v) is 13.5. The second-order valence-corrected chi connectivity index (χ2v) is 6.33. The van der Waals surface area contributed by atoms with Crippen molar-refractivity contribution in [3.05, 3.63) is 23.7 Å². The van der Waals surface area contributed by atoms with Gasteiger partial charge in [-0.2, -0.15) is 0 Å². The molecule has 0 aliphatic carbocycles. The molecular weight excluding hydrogens is 252 g/mol. The molecule has 1 aromatic rings. The number of hydrogen-bond acceptors (Lipinski definition) is 3. The van der Waals surface area contributed by atoms with Crippen LogP contribution >= 0.6 is 0 Å². The minimum atomic E-state index is -0.461. The monoisotopic (exact) mass is 278 g/mol. The Hall–Kier alpha value is -1.38. The normalized spacial score (nSPS) is 12.5.